The van der Waals surface area contributed by atoms with E-state index < -0.39 is 0 Å². The highest BCUT2D eigenvalue weighted by Gasteiger charge is 1.99. The maximum Gasteiger partial charge on any atom is 0.187 e. The van der Waals surface area contributed by atoms with Gasteiger partial charge in [-0.2, -0.15) is 0 Å². The van der Waals surface area contributed by atoms with Crippen LogP contribution in [0.25, 0.3) is 0 Å². The minimum absolute atomic E-state index is 0.0754. The fraction of sp³-hybridized carbons (Fsp3) is 0.385. The maximum absolute atomic E-state index is 11.5. The van der Waals surface area contributed by atoms with Gasteiger partial charge in [-0.25, -0.2) is 0 Å². The van der Waals surface area contributed by atoms with Crippen molar-refractivity contribution in [1.29, 1.82) is 0 Å². The highest BCUT2D eigenvalue weighted by molar-refractivity contribution is 6.08. The van der Waals surface area contributed by atoms with Gasteiger partial charge in [0.15, 0.2) is 5.78 Å². The smallest absolute Gasteiger partial charge is 0.187 e. The van der Waals surface area contributed by atoms with E-state index in [1.165, 1.54) is 12.2 Å². The van der Waals surface area contributed by atoms with Crippen molar-refractivity contribution in [2.45, 2.75) is 13.8 Å². The Bertz CT molecular complexity index is 286. The summed E-state index contributed by atoms with van der Waals surface area (Å²) >= 11 is 0. The lowest BCUT2D eigenvalue weighted by atomic mass is 10.1. The molecule has 0 aliphatic heterocycles. The fourth-order valence-corrected chi connectivity index (χ4v) is 0.719. The average molecular weight is 222 g/mol. The van der Waals surface area contributed by atoms with Crippen LogP contribution in [0.1, 0.15) is 13.8 Å². The Labute approximate surface area is 98.9 Å². The summed E-state index contributed by atoms with van der Waals surface area (Å²) in [5.41, 5.74) is 0.536. The highest BCUT2D eigenvalue weighted by Crippen LogP contribution is 1.98. The number of carbonyl (C=O) groups excluding carboxylic acids is 1. The van der Waals surface area contributed by atoms with Crippen molar-refractivity contribution < 1.29 is 4.79 Å². The predicted octanol–water partition coefficient (Wildman–Crippen LogP) is 2.47. The average Bonchev–Trinajstić information content (AvgIpc) is 2.30. The second kappa shape index (κ2) is 11.4. The van der Waals surface area contributed by atoms with E-state index in [2.05, 4.69) is 11.6 Å². The number of rotatable bonds is 5. The molecule has 0 aliphatic carbocycles. The van der Waals surface area contributed by atoms with Crippen molar-refractivity contribution in [2.75, 3.05) is 21.1 Å². The molecule has 0 unspecified atom stereocenters. The van der Waals surface area contributed by atoms with E-state index in [9.17, 15) is 4.79 Å². The lowest BCUT2D eigenvalue weighted by molar-refractivity contribution is -0.111. The van der Waals surface area contributed by atoms with Crippen LogP contribution in [-0.2, 0) is 4.79 Å². The van der Waals surface area contributed by atoms with Gasteiger partial charge < -0.3 is 4.90 Å². The second-order valence-electron chi connectivity index (χ2n) is 2.88. The third-order valence-electron chi connectivity index (χ3n) is 1.43. The number of nitrogens with zero attached hydrogens (tertiary/aromatic N) is 2. The lowest BCUT2D eigenvalue weighted by Gasteiger charge is -2.02. The molecule has 0 fully saturated rings. The van der Waals surface area contributed by atoms with E-state index in [1.807, 2.05) is 27.9 Å². The molecule has 0 bridgehead atoms. The van der Waals surface area contributed by atoms with E-state index in [0.717, 1.165) is 0 Å². The van der Waals surface area contributed by atoms with Gasteiger partial charge in [-0.15, -0.1) is 0 Å². The zero-order valence-electron chi connectivity index (χ0n) is 10.9. The number of allylic oxidation sites excluding steroid dienone is 4. The van der Waals surface area contributed by atoms with Crippen LogP contribution >= 0.6 is 0 Å². The van der Waals surface area contributed by atoms with Crippen LogP contribution < -0.4 is 0 Å². The van der Waals surface area contributed by atoms with Gasteiger partial charge in [0.05, 0.1) is 0 Å². The number of ketones is 1. The van der Waals surface area contributed by atoms with Crippen LogP contribution in [0.4, 0.5) is 0 Å². The molecule has 0 N–H and O–H groups in total. The SMILES string of the molecule is C=C/C(=C\C=NC)C(=O)/C=C/N(C)C.CC. The van der Waals surface area contributed by atoms with E-state index in [4.69, 9.17) is 0 Å². The monoisotopic (exact) mass is 222 g/mol. The van der Waals surface area contributed by atoms with Crippen LogP contribution in [-0.4, -0.2) is 38.0 Å². The molecule has 90 valence electrons. The van der Waals surface area contributed by atoms with Crippen LogP contribution in [0, 0.1) is 0 Å². The molecule has 0 saturated heterocycles. The third kappa shape index (κ3) is 8.94. The molecule has 0 atom stereocenters. The maximum atomic E-state index is 11.5. The van der Waals surface area contributed by atoms with Gasteiger partial charge in [-0.05, 0) is 6.08 Å². The normalized spacial score (nSPS) is 11.2. The van der Waals surface area contributed by atoms with Crippen molar-refractivity contribution in [1.82, 2.24) is 4.90 Å². The van der Waals surface area contributed by atoms with Gasteiger partial charge in [-0.1, -0.05) is 26.5 Å². The number of hydrogen-bond acceptors (Lipinski definition) is 3. The Morgan fingerprint density at radius 1 is 1.31 bits per heavy atom. The molecule has 0 radical (unpaired) electrons. The summed E-state index contributed by atoms with van der Waals surface area (Å²) in [5, 5.41) is 0. The minimum atomic E-state index is -0.0754. The summed E-state index contributed by atoms with van der Waals surface area (Å²) < 4.78 is 0. The summed E-state index contributed by atoms with van der Waals surface area (Å²) in [6.45, 7) is 7.56. The summed E-state index contributed by atoms with van der Waals surface area (Å²) in [6.07, 6.45) is 7.91. The number of aliphatic imine (C=N–C) groups is 1. The molecule has 0 rings (SSSR count). The quantitative estimate of drug-likeness (QED) is 0.406. The van der Waals surface area contributed by atoms with E-state index >= 15 is 0 Å². The van der Waals surface area contributed by atoms with Crippen molar-refractivity contribution >= 4 is 12.0 Å². The van der Waals surface area contributed by atoms with Crippen LogP contribution in [0.5, 0.6) is 0 Å². The van der Waals surface area contributed by atoms with Crippen LogP contribution in [0.15, 0.2) is 41.6 Å². The van der Waals surface area contributed by atoms with Crippen LogP contribution in [0.2, 0.25) is 0 Å². The molecular formula is C13H22N2O. The van der Waals surface area contributed by atoms with Crippen LogP contribution in [0.3, 0.4) is 0 Å². The molecule has 0 spiro atoms. The van der Waals surface area contributed by atoms with Gasteiger partial charge in [0, 0.05) is 45.2 Å². The van der Waals surface area contributed by atoms with E-state index in [0.29, 0.717) is 5.57 Å². The highest BCUT2D eigenvalue weighted by atomic mass is 16.1. The van der Waals surface area contributed by atoms with Gasteiger partial charge in [0.25, 0.3) is 0 Å². The van der Waals surface area contributed by atoms with E-state index in [1.54, 1.807) is 30.4 Å². The molecule has 0 aromatic rings. The largest absolute Gasteiger partial charge is 0.383 e. The Balaban J connectivity index is 0. The summed E-state index contributed by atoms with van der Waals surface area (Å²) in [7, 11) is 5.36. The molecule has 3 heteroatoms. The van der Waals surface area contributed by atoms with Gasteiger partial charge in [0.1, 0.15) is 0 Å². The van der Waals surface area contributed by atoms with Gasteiger partial charge >= 0.3 is 0 Å². The Morgan fingerprint density at radius 3 is 2.25 bits per heavy atom. The van der Waals surface area contributed by atoms with Gasteiger partial charge in [0.2, 0.25) is 0 Å². The molecule has 0 amide bonds. The van der Waals surface area contributed by atoms with Crippen molar-refractivity contribution in [3.8, 4) is 0 Å². The molecule has 0 saturated carbocycles. The predicted molar refractivity (Wildman–Crippen MR) is 71.9 cm³/mol. The Hall–Kier alpha value is -1.64. The van der Waals surface area contributed by atoms with Crippen molar-refractivity contribution in [3.05, 3.63) is 36.6 Å². The molecule has 0 heterocycles. The topological polar surface area (TPSA) is 32.7 Å². The minimum Gasteiger partial charge on any atom is -0.383 e. The standard InChI is InChI=1S/C11H16N2O.C2H6/c1-5-10(6-8-12-2)11(14)7-9-13(3)4;1-2/h5-9H,1H2,2-4H3;1-2H3/b9-7+,10-6+,12-8?;. The Kier molecular flexibility index (Phi) is 12.0. The first-order chi connectivity index (χ1) is 7.61. The first-order valence-corrected chi connectivity index (χ1v) is 5.25. The van der Waals surface area contributed by atoms with Crippen molar-refractivity contribution in [3.63, 3.8) is 0 Å². The first-order valence-electron chi connectivity index (χ1n) is 5.25. The zero-order valence-corrected chi connectivity index (χ0v) is 10.9. The molecule has 3 nitrogen and oxygen atoms in total. The van der Waals surface area contributed by atoms with Crippen molar-refractivity contribution in [2.24, 2.45) is 4.99 Å². The van der Waals surface area contributed by atoms with E-state index in [-0.39, 0.29) is 5.78 Å². The number of hydrogen-bond donors (Lipinski definition) is 0. The fourth-order valence-electron chi connectivity index (χ4n) is 0.719. The third-order valence-corrected chi connectivity index (χ3v) is 1.43. The molecule has 0 aromatic carbocycles. The molecule has 0 aromatic heterocycles. The first kappa shape index (κ1) is 16.8. The zero-order chi connectivity index (χ0) is 13.0. The summed E-state index contributed by atoms with van der Waals surface area (Å²) in [5.74, 6) is -0.0754. The number of carbonyl (C=O) groups is 1. The molecule has 16 heavy (non-hydrogen) atoms. The molecule has 0 aliphatic rings. The molecular weight excluding hydrogens is 200 g/mol. The Morgan fingerprint density at radius 2 is 1.88 bits per heavy atom. The summed E-state index contributed by atoms with van der Waals surface area (Å²) in [4.78, 5) is 17.0. The summed E-state index contributed by atoms with van der Waals surface area (Å²) in [6, 6.07) is 0. The second-order valence-corrected chi connectivity index (χ2v) is 2.88. The van der Waals surface area contributed by atoms with Gasteiger partial charge in [-0.3, -0.25) is 9.79 Å². The lowest BCUT2D eigenvalue weighted by Crippen LogP contribution is -2.03.